The summed E-state index contributed by atoms with van der Waals surface area (Å²) in [6.45, 7) is 0.736. The van der Waals surface area contributed by atoms with E-state index in [1.165, 1.54) is 15.0 Å². The number of rotatable bonds is 4. The van der Waals surface area contributed by atoms with Crippen LogP contribution >= 0.6 is 22.7 Å². The van der Waals surface area contributed by atoms with Gasteiger partial charge in [-0.15, -0.1) is 22.7 Å². The number of nitriles is 1. The number of hydrogen-bond acceptors (Lipinski definition) is 4. The lowest BCUT2D eigenvalue weighted by atomic mass is 10.1. The summed E-state index contributed by atoms with van der Waals surface area (Å²) >= 11 is 3.40. The molecule has 1 atom stereocenters. The van der Waals surface area contributed by atoms with Crippen molar-refractivity contribution in [3.8, 4) is 6.07 Å². The van der Waals surface area contributed by atoms with Crippen molar-refractivity contribution in [2.75, 3.05) is 0 Å². The highest BCUT2D eigenvalue weighted by atomic mass is 32.1. The molecule has 0 aliphatic carbocycles. The second kappa shape index (κ2) is 5.54. The van der Waals surface area contributed by atoms with Gasteiger partial charge in [-0.25, -0.2) is 0 Å². The number of benzene rings is 1. The van der Waals surface area contributed by atoms with E-state index in [2.05, 4.69) is 40.3 Å². The van der Waals surface area contributed by atoms with Crippen molar-refractivity contribution >= 4 is 32.8 Å². The fraction of sp³-hybridized carbons (Fsp3) is 0.133. The SMILES string of the molecule is N#CC(NCc1cccs1)c1csc2ccccc12. The zero-order valence-corrected chi connectivity index (χ0v) is 11.8. The predicted octanol–water partition coefficient (Wildman–Crippen LogP) is 4.32. The minimum absolute atomic E-state index is 0.252. The van der Waals surface area contributed by atoms with Crippen molar-refractivity contribution in [3.05, 3.63) is 57.6 Å². The van der Waals surface area contributed by atoms with Crippen LogP contribution in [0.4, 0.5) is 0 Å². The molecule has 3 aromatic rings. The third-order valence-electron chi connectivity index (χ3n) is 3.01. The summed E-state index contributed by atoms with van der Waals surface area (Å²) in [5.41, 5.74) is 1.08. The second-order valence-corrected chi connectivity index (χ2v) is 6.15. The molecule has 0 aliphatic rings. The van der Waals surface area contributed by atoms with Crippen molar-refractivity contribution in [1.82, 2.24) is 5.32 Å². The molecule has 0 amide bonds. The largest absolute Gasteiger partial charge is 0.293 e. The highest BCUT2D eigenvalue weighted by Crippen LogP contribution is 2.30. The van der Waals surface area contributed by atoms with E-state index >= 15 is 0 Å². The van der Waals surface area contributed by atoms with Crippen LogP contribution in [0.25, 0.3) is 10.1 Å². The summed E-state index contributed by atoms with van der Waals surface area (Å²) in [6.07, 6.45) is 0. The summed E-state index contributed by atoms with van der Waals surface area (Å²) in [4.78, 5) is 1.25. The summed E-state index contributed by atoms with van der Waals surface area (Å²) < 4.78 is 1.23. The van der Waals surface area contributed by atoms with Crippen molar-refractivity contribution in [1.29, 1.82) is 5.26 Å². The Hall–Kier alpha value is -1.67. The van der Waals surface area contributed by atoms with Crippen molar-refractivity contribution in [3.63, 3.8) is 0 Å². The quantitative estimate of drug-likeness (QED) is 0.774. The number of hydrogen-bond donors (Lipinski definition) is 1. The number of thiophene rings is 2. The zero-order chi connectivity index (χ0) is 13.1. The predicted molar refractivity (Wildman–Crippen MR) is 81.3 cm³/mol. The molecule has 2 aromatic heterocycles. The van der Waals surface area contributed by atoms with Gasteiger partial charge in [-0.2, -0.15) is 5.26 Å². The van der Waals surface area contributed by atoms with E-state index < -0.39 is 0 Å². The molecule has 1 aromatic carbocycles. The lowest BCUT2D eigenvalue weighted by Gasteiger charge is -2.10. The van der Waals surface area contributed by atoms with E-state index in [-0.39, 0.29) is 6.04 Å². The summed E-state index contributed by atoms with van der Waals surface area (Å²) in [7, 11) is 0. The highest BCUT2D eigenvalue weighted by Gasteiger charge is 2.14. The molecule has 0 saturated carbocycles. The summed E-state index contributed by atoms with van der Waals surface area (Å²) in [5.74, 6) is 0. The molecule has 0 aliphatic heterocycles. The molecule has 1 unspecified atom stereocenters. The van der Waals surface area contributed by atoms with Crippen molar-refractivity contribution in [2.45, 2.75) is 12.6 Å². The third-order valence-corrected chi connectivity index (χ3v) is 4.87. The smallest absolute Gasteiger partial charge is 0.123 e. The van der Waals surface area contributed by atoms with Crippen LogP contribution in [0, 0.1) is 11.3 Å². The highest BCUT2D eigenvalue weighted by molar-refractivity contribution is 7.17. The van der Waals surface area contributed by atoms with Gasteiger partial charge in [0.25, 0.3) is 0 Å². The van der Waals surface area contributed by atoms with Gasteiger partial charge in [0.05, 0.1) is 6.07 Å². The van der Waals surface area contributed by atoms with Crippen LogP contribution in [-0.2, 0) is 6.54 Å². The van der Waals surface area contributed by atoms with E-state index in [0.29, 0.717) is 0 Å². The minimum atomic E-state index is -0.252. The minimum Gasteiger partial charge on any atom is -0.293 e. The van der Waals surface area contributed by atoms with E-state index in [4.69, 9.17) is 0 Å². The summed E-state index contributed by atoms with van der Waals surface area (Å²) in [5, 5.41) is 18.0. The lowest BCUT2D eigenvalue weighted by molar-refractivity contribution is 0.641. The van der Waals surface area contributed by atoms with Gasteiger partial charge in [0, 0.05) is 21.7 Å². The molecule has 94 valence electrons. The van der Waals surface area contributed by atoms with E-state index in [1.807, 2.05) is 18.2 Å². The molecule has 1 N–H and O–H groups in total. The van der Waals surface area contributed by atoms with Crippen molar-refractivity contribution < 1.29 is 0 Å². The average Bonchev–Trinajstić information content (AvgIpc) is 3.09. The van der Waals surface area contributed by atoms with Crippen LogP contribution in [0.5, 0.6) is 0 Å². The maximum Gasteiger partial charge on any atom is 0.123 e. The van der Waals surface area contributed by atoms with Gasteiger partial charge in [-0.3, -0.25) is 5.32 Å². The Morgan fingerprint density at radius 1 is 1.16 bits per heavy atom. The zero-order valence-electron chi connectivity index (χ0n) is 10.2. The second-order valence-electron chi connectivity index (χ2n) is 4.21. The molecule has 4 heteroatoms. The summed E-state index contributed by atoms with van der Waals surface area (Å²) in [6, 6.07) is 14.4. The van der Waals surface area contributed by atoms with Crippen LogP contribution in [0.3, 0.4) is 0 Å². The Morgan fingerprint density at radius 2 is 2.05 bits per heavy atom. The van der Waals surface area contributed by atoms with Crippen LogP contribution in [0.2, 0.25) is 0 Å². The van der Waals surface area contributed by atoms with Gasteiger partial charge >= 0.3 is 0 Å². The van der Waals surface area contributed by atoms with Crippen LogP contribution < -0.4 is 5.32 Å². The molecule has 0 bridgehead atoms. The molecular weight excluding hydrogens is 272 g/mol. The molecule has 0 spiro atoms. The van der Waals surface area contributed by atoms with Crippen LogP contribution in [0.15, 0.2) is 47.2 Å². The average molecular weight is 284 g/mol. The molecule has 0 radical (unpaired) electrons. The van der Waals surface area contributed by atoms with Gasteiger partial charge in [0.2, 0.25) is 0 Å². The van der Waals surface area contributed by atoms with Gasteiger partial charge in [-0.05, 0) is 28.3 Å². The first-order chi connectivity index (χ1) is 9.38. The molecule has 3 rings (SSSR count). The Bertz CT molecular complexity index is 707. The first-order valence-corrected chi connectivity index (χ1v) is 7.76. The van der Waals surface area contributed by atoms with Crippen LogP contribution in [0.1, 0.15) is 16.5 Å². The van der Waals surface area contributed by atoms with Gasteiger partial charge < -0.3 is 0 Å². The Labute approximate surface area is 119 Å². The molecule has 0 fully saturated rings. The van der Waals surface area contributed by atoms with Gasteiger partial charge in [0.1, 0.15) is 6.04 Å². The maximum atomic E-state index is 9.38. The Morgan fingerprint density at radius 3 is 2.84 bits per heavy atom. The third kappa shape index (κ3) is 2.54. The van der Waals surface area contributed by atoms with Crippen LogP contribution in [-0.4, -0.2) is 0 Å². The maximum absolute atomic E-state index is 9.38. The van der Waals surface area contributed by atoms with Gasteiger partial charge in [0.15, 0.2) is 0 Å². The fourth-order valence-electron chi connectivity index (χ4n) is 2.06. The Kier molecular flexibility index (Phi) is 3.60. The van der Waals surface area contributed by atoms with Gasteiger partial charge in [-0.1, -0.05) is 24.3 Å². The first kappa shape index (κ1) is 12.4. The topological polar surface area (TPSA) is 35.8 Å². The van der Waals surface area contributed by atoms with Crippen molar-refractivity contribution in [2.24, 2.45) is 0 Å². The number of fused-ring (bicyclic) bond motifs is 1. The lowest BCUT2D eigenvalue weighted by Crippen LogP contribution is -2.18. The fourth-order valence-corrected chi connectivity index (χ4v) is 3.71. The van der Waals surface area contributed by atoms with E-state index in [1.54, 1.807) is 22.7 Å². The van der Waals surface area contributed by atoms with E-state index in [0.717, 1.165) is 12.1 Å². The molecule has 2 heterocycles. The molecule has 2 nitrogen and oxygen atoms in total. The number of nitrogens with zero attached hydrogens (tertiary/aromatic N) is 1. The normalized spacial score (nSPS) is 12.4. The Balaban J connectivity index is 1.84. The number of nitrogens with one attached hydrogen (secondary N) is 1. The monoisotopic (exact) mass is 284 g/mol. The van der Waals surface area contributed by atoms with E-state index in [9.17, 15) is 5.26 Å². The first-order valence-electron chi connectivity index (χ1n) is 6.00. The molecule has 19 heavy (non-hydrogen) atoms. The standard InChI is InChI=1S/C15H12N2S2/c16-8-14(17-9-11-4-3-7-18-11)13-10-19-15-6-2-1-5-12(13)15/h1-7,10,14,17H,9H2. The molecular formula is C15H12N2S2. The molecule has 0 saturated heterocycles.